The molecule has 1 fully saturated rings. The van der Waals surface area contributed by atoms with Crippen LogP contribution in [0.1, 0.15) is 25.0 Å². The third kappa shape index (κ3) is 2.66. The number of allylic oxidation sites excluding steroid dienone is 3. The van der Waals surface area contributed by atoms with Crippen LogP contribution in [0.25, 0.3) is 0 Å². The highest BCUT2D eigenvalue weighted by atomic mass is 15.6. The SMILES string of the molecule is Cn1cc(C2=NC3=CC=CC4CNN(c5ccc(C(C)(C)C#N)cc5)C34C=C2)cn1. The largest absolute Gasteiger partial charge is 0.292 e. The number of hydrogen-bond acceptors (Lipinski definition) is 5. The second kappa shape index (κ2) is 6.54. The number of rotatable bonds is 3. The number of nitriles is 1. The monoisotopic (exact) mass is 396 g/mol. The lowest BCUT2D eigenvalue weighted by molar-refractivity contribution is 0.504. The molecule has 2 aliphatic heterocycles. The summed E-state index contributed by atoms with van der Waals surface area (Å²) in [5.41, 5.74) is 7.71. The molecule has 3 aliphatic rings. The zero-order valence-electron chi connectivity index (χ0n) is 17.4. The topological polar surface area (TPSA) is 69.2 Å². The summed E-state index contributed by atoms with van der Waals surface area (Å²) in [6, 6.07) is 10.6. The molecule has 0 saturated carbocycles. The zero-order chi connectivity index (χ0) is 20.9. The van der Waals surface area contributed by atoms with E-state index in [1.807, 2.05) is 45.4 Å². The number of aliphatic imine (C=N–C) groups is 1. The molecule has 2 aromatic rings. The highest BCUT2D eigenvalue weighted by Gasteiger charge is 2.51. The lowest BCUT2D eigenvalue weighted by Crippen LogP contribution is -2.52. The molecule has 1 N–H and O–H groups in total. The minimum atomic E-state index is -0.510. The van der Waals surface area contributed by atoms with Crippen LogP contribution in [0, 0.1) is 17.2 Å². The fourth-order valence-electron chi connectivity index (χ4n) is 4.47. The molecular formula is C24H24N6. The molecule has 1 aromatic heterocycles. The average Bonchev–Trinajstić information content (AvgIpc) is 3.36. The van der Waals surface area contributed by atoms with E-state index in [1.165, 1.54) is 0 Å². The van der Waals surface area contributed by atoms with Crippen LogP contribution >= 0.6 is 0 Å². The molecule has 6 heteroatoms. The van der Waals surface area contributed by atoms with Crippen LogP contribution in [0.15, 0.2) is 77.7 Å². The first-order valence-electron chi connectivity index (χ1n) is 10.2. The Bertz CT molecular complexity index is 1160. The van der Waals surface area contributed by atoms with Gasteiger partial charge in [-0.25, -0.2) is 10.4 Å². The fourth-order valence-corrected chi connectivity index (χ4v) is 4.47. The van der Waals surface area contributed by atoms with Gasteiger partial charge < -0.3 is 0 Å². The van der Waals surface area contributed by atoms with Crippen molar-refractivity contribution in [3.8, 4) is 6.07 Å². The van der Waals surface area contributed by atoms with Crippen molar-refractivity contribution in [1.29, 1.82) is 5.26 Å². The van der Waals surface area contributed by atoms with Crippen LogP contribution in [0.5, 0.6) is 0 Å². The Morgan fingerprint density at radius 1 is 1.27 bits per heavy atom. The van der Waals surface area contributed by atoms with Gasteiger partial charge in [-0.15, -0.1) is 0 Å². The van der Waals surface area contributed by atoms with Gasteiger partial charge in [0.25, 0.3) is 0 Å². The number of aromatic nitrogens is 2. The summed E-state index contributed by atoms with van der Waals surface area (Å²) in [6.07, 6.45) is 14.6. The van der Waals surface area contributed by atoms with Gasteiger partial charge in [-0.1, -0.05) is 24.3 Å². The van der Waals surface area contributed by atoms with Gasteiger partial charge in [0, 0.05) is 31.3 Å². The van der Waals surface area contributed by atoms with Crippen LogP contribution in [0.3, 0.4) is 0 Å². The van der Waals surface area contributed by atoms with Crippen molar-refractivity contribution >= 4 is 11.4 Å². The van der Waals surface area contributed by atoms with Gasteiger partial charge in [0.05, 0.1) is 34.8 Å². The van der Waals surface area contributed by atoms with E-state index in [0.29, 0.717) is 0 Å². The summed E-state index contributed by atoms with van der Waals surface area (Å²) < 4.78 is 1.79. The molecule has 30 heavy (non-hydrogen) atoms. The van der Waals surface area contributed by atoms with E-state index in [9.17, 15) is 5.26 Å². The Kier molecular flexibility index (Phi) is 4.05. The van der Waals surface area contributed by atoms with Crippen LogP contribution in [-0.2, 0) is 12.5 Å². The van der Waals surface area contributed by atoms with Crippen molar-refractivity contribution in [3.05, 3.63) is 83.9 Å². The van der Waals surface area contributed by atoms with Crippen molar-refractivity contribution in [1.82, 2.24) is 15.2 Å². The predicted octanol–water partition coefficient (Wildman–Crippen LogP) is 3.41. The summed E-state index contributed by atoms with van der Waals surface area (Å²) in [7, 11) is 1.91. The van der Waals surface area contributed by atoms with E-state index in [1.54, 1.807) is 4.68 Å². The van der Waals surface area contributed by atoms with Crippen LogP contribution < -0.4 is 10.4 Å². The highest BCUT2D eigenvalue weighted by molar-refractivity contribution is 6.10. The van der Waals surface area contributed by atoms with Crippen LogP contribution in [0.4, 0.5) is 5.69 Å². The summed E-state index contributed by atoms with van der Waals surface area (Å²) in [5, 5.41) is 15.9. The van der Waals surface area contributed by atoms with Crippen LogP contribution in [0.2, 0.25) is 0 Å². The van der Waals surface area contributed by atoms with Gasteiger partial charge in [0.1, 0.15) is 5.54 Å². The maximum atomic E-state index is 9.44. The quantitative estimate of drug-likeness (QED) is 0.863. The number of dihydropyridines is 1. The summed E-state index contributed by atoms with van der Waals surface area (Å²) >= 11 is 0. The van der Waals surface area contributed by atoms with E-state index in [0.717, 1.165) is 34.8 Å². The van der Waals surface area contributed by atoms with Crippen molar-refractivity contribution in [2.45, 2.75) is 24.8 Å². The molecule has 0 amide bonds. The normalized spacial score (nSPS) is 24.7. The van der Waals surface area contributed by atoms with E-state index in [-0.39, 0.29) is 11.5 Å². The first kappa shape index (κ1) is 18.6. The third-order valence-electron chi connectivity index (χ3n) is 6.28. The maximum absolute atomic E-state index is 9.44. The van der Waals surface area contributed by atoms with Crippen molar-refractivity contribution < 1.29 is 0 Å². The molecular weight excluding hydrogens is 372 g/mol. The second-order valence-corrected chi connectivity index (χ2v) is 8.58. The third-order valence-corrected chi connectivity index (χ3v) is 6.28. The molecule has 3 heterocycles. The minimum absolute atomic E-state index is 0.281. The number of nitrogens with zero attached hydrogens (tertiary/aromatic N) is 5. The minimum Gasteiger partial charge on any atom is -0.292 e. The highest BCUT2D eigenvalue weighted by Crippen LogP contribution is 2.45. The molecule has 2 unspecified atom stereocenters. The number of nitrogens with one attached hydrogen (secondary N) is 1. The molecule has 6 nitrogen and oxygen atoms in total. The molecule has 0 radical (unpaired) electrons. The van der Waals surface area contributed by atoms with Crippen molar-refractivity contribution in [2.75, 3.05) is 11.6 Å². The first-order chi connectivity index (χ1) is 14.4. The van der Waals surface area contributed by atoms with Gasteiger partial charge >= 0.3 is 0 Å². The van der Waals surface area contributed by atoms with Crippen molar-refractivity contribution in [2.24, 2.45) is 18.0 Å². The Morgan fingerprint density at radius 3 is 2.77 bits per heavy atom. The Labute approximate surface area is 176 Å². The number of hydrazine groups is 1. The van der Waals surface area contributed by atoms with E-state index in [2.05, 4.69) is 64.1 Å². The number of benzene rings is 1. The van der Waals surface area contributed by atoms with E-state index < -0.39 is 5.41 Å². The molecule has 150 valence electrons. The fraction of sp³-hybridized carbons (Fsp3) is 0.292. The van der Waals surface area contributed by atoms with Gasteiger partial charge in [-0.05, 0) is 49.8 Å². The van der Waals surface area contributed by atoms with E-state index in [4.69, 9.17) is 4.99 Å². The lowest BCUT2D eigenvalue weighted by atomic mass is 9.76. The van der Waals surface area contributed by atoms with Gasteiger partial charge in [-0.3, -0.25) is 9.69 Å². The molecule has 1 saturated heterocycles. The Hall–Kier alpha value is -3.43. The van der Waals surface area contributed by atoms with Gasteiger partial charge in [-0.2, -0.15) is 10.4 Å². The number of hydrogen-bond donors (Lipinski definition) is 1. The molecule has 0 bridgehead atoms. The van der Waals surface area contributed by atoms with Crippen molar-refractivity contribution in [3.63, 3.8) is 0 Å². The first-order valence-corrected chi connectivity index (χ1v) is 10.2. The summed E-state index contributed by atoms with van der Waals surface area (Å²) in [5.74, 6) is 0.281. The standard InChI is InChI=1S/C24H24N6/c1-23(2,16-25)18-7-9-20(10-8-18)30-24-12-11-21(17-13-26-29(3)15-17)28-22(24)6-4-5-19(24)14-27-30/h4-13,15,19,27H,14H2,1-3H3. The van der Waals surface area contributed by atoms with Gasteiger partial charge in [0.15, 0.2) is 0 Å². The zero-order valence-corrected chi connectivity index (χ0v) is 17.4. The summed E-state index contributed by atoms with van der Waals surface area (Å²) in [4.78, 5) is 5.03. The molecule has 5 rings (SSSR count). The Morgan fingerprint density at radius 2 is 2.07 bits per heavy atom. The molecule has 2 atom stereocenters. The molecule has 1 aromatic carbocycles. The lowest BCUT2D eigenvalue weighted by Gasteiger charge is -2.42. The molecule has 1 aliphatic carbocycles. The Balaban J connectivity index is 1.53. The smallest absolute Gasteiger partial charge is 0.124 e. The van der Waals surface area contributed by atoms with E-state index >= 15 is 0 Å². The summed E-state index contributed by atoms with van der Waals surface area (Å²) in [6.45, 7) is 4.72. The second-order valence-electron chi connectivity index (χ2n) is 8.58. The predicted molar refractivity (Wildman–Crippen MR) is 118 cm³/mol. The maximum Gasteiger partial charge on any atom is 0.124 e. The van der Waals surface area contributed by atoms with Crippen LogP contribution in [-0.4, -0.2) is 27.6 Å². The van der Waals surface area contributed by atoms with Gasteiger partial charge in [0.2, 0.25) is 0 Å². The average molecular weight is 396 g/mol. The number of aryl methyl sites for hydroxylation is 1. The molecule has 1 spiro atoms. The number of anilines is 1.